The van der Waals surface area contributed by atoms with Gasteiger partial charge in [0, 0.05) is 19.1 Å². The fourth-order valence-electron chi connectivity index (χ4n) is 2.84. The monoisotopic (exact) mass is 292 g/mol. The Kier molecular flexibility index (Phi) is 5.74. The van der Waals surface area contributed by atoms with E-state index in [1.165, 1.54) is 12.1 Å². The maximum absolute atomic E-state index is 12.9. The number of nitrogens with one attached hydrogen (secondary N) is 1. The number of hydrogen-bond donors (Lipinski definition) is 1. The molecule has 1 saturated heterocycles. The van der Waals surface area contributed by atoms with Crippen molar-refractivity contribution < 1.29 is 9.18 Å². The SMILES string of the molecule is CC(C)CC1CN(C(=O)Cc2ccc(F)cc2)CCCN1. The van der Waals surface area contributed by atoms with Gasteiger partial charge in [-0.1, -0.05) is 26.0 Å². The largest absolute Gasteiger partial charge is 0.341 e. The predicted molar refractivity (Wildman–Crippen MR) is 82.5 cm³/mol. The number of carbonyl (C=O) groups is 1. The zero-order chi connectivity index (χ0) is 15.2. The van der Waals surface area contributed by atoms with Crippen LogP contribution in [0.5, 0.6) is 0 Å². The van der Waals surface area contributed by atoms with E-state index in [4.69, 9.17) is 0 Å². The summed E-state index contributed by atoms with van der Waals surface area (Å²) in [4.78, 5) is 14.4. The van der Waals surface area contributed by atoms with E-state index in [9.17, 15) is 9.18 Å². The van der Waals surface area contributed by atoms with E-state index in [0.29, 0.717) is 18.4 Å². The van der Waals surface area contributed by atoms with Gasteiger partial charge in [-0.15, -0.1) is 0 Å². The molecular weight excluding hydrogens is 267 g/mol. The number of rotatable bonds is 4. The lowest BCUT2D eigenvalue weighted by atomic mass is 10.0. The van der Waals surface area contributed by atoms with Crippen molar-refractivity contribution in [3.63, 3.8) is 0 Å². The van der Waals surface area contributed by atoms with Gasteiger partial charge in [0.15, 0.2) is 0 Å². The predicted octanol–water partition coefficient (Wildman–Crippen LogP) is 2.60. The molecule has 1 unspecified atom stereocenters. The summed E-state index contributed by atoms with van der Waals surface area (Å²) in [5.74, 6) is 0.496. The highest BCUT2D eigenvalue weighted by Crippen LogP contribution is 2.12. The first-order valence-corrected chi connectivity index (χ1v) is 7.80. The molecule has 1 aromatic carbocycles. The first-order valence-electron chi connectivity index (χ1n) is 7.80. The molecule has 1 aliphatic heterocycles. The lowest BCUT2D eigenvalue weighted by molar-refractivity contribution is -0.130. The van der Waals surface area contributed by atoms with Crippen LogP contribution in [0.15, 0.2) is 24.3 Å². The molecular formula is C17H25FN2O. The highest BCUT2D eigenvalue weighted by atomic mass is 19.1. The Morgan fingerprint density at radius 2 is 2.10 bits per heavy atom. The van der Waals surface area contributed by atoms with Gasteiger partial charge < -0.3 is 10.2 Å². The molecule has 1 amide bonds. The highest BCUT2D eigenvalue weighted by Gasteiger charge is 2.22. The number of carbonyl (C=O) groups excluding carboxylic acids is 1. The first kappa shape index (κ1) is 16.0. The third kappa shape index (κ3) is 5.12. The van der Waals surface area contributed by atoms with Gasteiger partial charge in [-0.25, -0.2) is 4.39 Å². The smallest absolute Gasteiger partial charge is 0.227 e. The molecule has 116 valence electrons. The Bertz CT molecular complexity index is 458. The Hall–Kier alpha value is -1.42. The molecule has 1 heterocycles. The van der Waals surface area contributed by atoms with Crippen LogP contribution in [0, 0.1) is 11.7 Å². The number of hydrogen-bond acceptors (Lipinski definition) is 2. The van der Waals surface area contributed by atoms with Crippen molar-refractivity contribution in [1.82, 2.24) is 10.2 Å². The van der Waals surface area contributed by atoms with Crippen LogP contribution in [-0.2, 0) is 11.2 Å². The van der Waals surface area contributed by atoms with Gasteiger partial charge in [-0.3, -0.25) is 4.79 Å². The summed E-state index contributed by atoms with van der Waals surface area (Å²) in [6, 6.07) is 6.58. The van der Waals surface area contributed by atoms with Gasteiger partial charge in [0.1, 0.15) is 5.82 Å². The number of amides is 1. The van der Waals surface area contributed by atoms with Gasteiger partial charge in [0.05, 0.1) is 6.42 Å². The Morgan fingerprint density at radius 3 is 2.76 bits per heavy atom. The van der Waals surface area contributed by atoms with Crippen molar-refractivity contribution in [3.05, 3.63) is 35.6 Å². The second-order valence-electron chi connectivity index (χ2n) is 6.28. The molecule has 1 aliphatic rings. The summed E-state index contributed by atoms with van der Waals surface area (Å²) >= 11 is 0. The quantitative estimate of drug-likeness (QED) is 0.925. The number of benzene rings is 1. The Morgan fingerprint density at radius 1 is 1.38 bits per heavy atom. The molecule has 1 atom stereocenters. The summed E-state index contributed by atoms with van der Waals surface area (Å²) in [5.41, 5.74) is 0.874. The molecule has 0 aliphatic carbocycles. The third-order valence-corrected chi connectivity index (χ3v) is 3.86. The number of halogens is 1. The van der Waals surface area contributed by atoms with Crippen molar-refractivity contribution in [2.45, 2.75) is 39.2 Å². The van der Waals surface area contributed by atoms with Crippen molar-refractivity contribution in [2.75, 3.05) is 19.6 Å². The summed E-state index contributed by atoms with van der Waals surface area (Å²) in [5, 5.41) is 3.53. The first-order chi connectivity index (χ1) is 10.0. The zero-order valence-electron chi connectivity index (χ0n) is 12.9. The maximum atomic E-state index is 12.9. The van der Waals surface area contributed by atoms with Gasteiger partial charge in [-0.2, -0.15) is 0 Å². The molecule has 4 heteroatoms. The molecule has 0 aromatic heterocycles. The molecule has 21 heavy (non-hydrogen) atoms. The number of nitrogens with zero attached hydrogens (tertiary/aromatic N) is 1. The van der Waals surface area contributed by atoms with Gasteiger partial charge >= 0.3 is 0 Å². The average Bonchev–Trinajstić information content (AvgIpc) is 2.66. The summed E-state index contributed by atoms with van der Waals surface area (Å²) < 4.78 is 12.9. The third-order valence-electron chi connectivity index (χ3n) is 3.86. The van der Waals surface area contributed by atoms with E-state index in [1.54, 1.807) is 12.1 Å². The lowest BCUT2D eigenvalue weighted by Gasteiger charge is -2.25. The molecule has 0 bridgehead atoms. The molecule has 1 aromatic rings. The minimum atomic E-state index is -0.262. The van der Waals surface area contributed by atoms with Crippen molar-refractivity contribution in [1.29, 1.82) is 0 Å². The van der Waals surface area contributed by atoms with Crippen LogP contribution in [0.3, 0.4) is 0 Å². The van der Waals surface area contributed by atoms with E-state index >= 15 is 0 Å². The molecule has 1 fully saturated rings. The van der Waals surface area contributed by atoms with Crippen molar-refractivity contribution in [3.8, 4) is 0 Å². The van der Waals surface area contributed by atoms with E-state index in [2.05, 4.69) is 19.2 Å². The van der Waals surface area contributed by atoms with Gasteiger partial charge in [0.2, 0.25) is 5.91 Å². The Labute approximate surface area is 126 Å². The molecule has 0 saturated carbocycles. The van der Waals surface area contributed by atoms with E-state index in [1.807, 2.05) is 4.90 Å². The molecule has 2 rings (SSSR count). The maximum Gasteiger partial charge on any atom is 0.227 e. The van der Waals surface area contributed by atoms with Crippen LogP contribution in [0.4, 0.5) is 4.39 Å². The van der Waals surface area contributed by atoms with Crippen molar-refractivity contribution >= 4 is 5.91 Å². The van der Waals surface area contributed by atoms with E-state index in [0.717, 1.165) is 38.0 Å². The van der Waals surface area contributed by atoms with Crippen LogP contribution >= 0.6 is 0 Å². The van der Waals surface area contributed by atoms with Crippen LogP contribution in [0.2, 0.25) is 0 Å². The molecule has 0 spiro atoms. The standard InChI is InChI=1S/C17H25FN2O/c1-13(2)10-16-12-20(9-3-8-19-16)17(21)11-14-4-6-15(18)7-5-14/h4-7,13,16,19H,3,8-12H2,1-2H3. The van der Waals surface area contributed by atoms with Crippen LogP contribution in [-0.4, -0.2) is 36.5 Å². The van der Waals surface area contributed by atoms with E-state index < -0.39 is 0 Å². The fourth-order valence-corrected chi connectivity index (χ4v) is 2.84. The van der Waals surface area contributed by atoms with Crippen LogP contribution in [0.25, 0.3) is 0 Å². The zero-order valence-corrected chi connectivity index (χ0v) is 12.9. The normalized spacial score (nSPS) is 19.6. The highest BCUT2D eigenvalue weighted by molar-refractivity contribution is 5.78. The second kappa shape index (κ2) is 7.55. The molecule has 1 N–H and O–H groups in total. The Balaban J connectivity index is 1.94. The minimum Gasteiger partial charge on any atom is -0.341 e. The van der Waals surface area contributed by atoms with Crippen LogP contribution < -0.4 is 5.32 Å². The van der Waals surface area contributed by atoms with E-state index in [-0.39, 0.29) is 11.7 Å². The molecule has 3 nitrogen and oxygen atoms in total. The van der Waals surface area contributed by atoms with Crippen molar-refractivity contribution in [2.24, 2.45) is 5.92 Å². The summed E-state index contributed by atoms with van der Waals surface area (Å²) in [6.07, 6.45) is 2.43. The lowest BCUT2D eigenvalue weighted by Crippen LogP contribution is -2.41. The second-order valence-corrected chi connectivity index (χ2v) is 6.28. The fraction of sp³-hybridized carbons (Fsp3) is 0.588. The summed E-state index contributed by atoms with van der Waals surface area (Å²) in [7, 11) is 0. The van der Waals surface area contributed by atoms with Gasteiger partial charge in [0.25, 0.3) is 0 Å². The van der Waals surface area contributed by atoms with Gasteiger partial charge in [-0.05, 0) is 43.0 Å². The summed E-state index contributed by atoms with van der Waals surface area (Å²) in [6.45, 7) is 6.96. The topological polar surface area (TPSA) is 32.3 Å². The van der Waals surface area contributed by atoms with Crippen LogP contribution in [0.1, 0.15) is 32.3 Å². The average molecular weight is 292 g/mol. The molecule has 0 radical (unpaired) electrons. The minimum absolute atomic E-state index is 0.138.